The third kappa shape index (κ3) is 4.64. The molecule has 0 radical (unpaired) electrons. The summed E-state index contributed by atoms with van der Waals surface area (Å²) in [6, 6.07) is 0.0102. The summed E-state index contributed by atoms with van der Waals surface area (Å²) in [5, 5.41) is 3.25. The lowest BCUT2D eigenvalue weighted by Gasteiger charge is -2.16. The molecule has 0 aromatic heterocycles. The number of carbonyl (C=O) groups is 1. The van der Waals surface area contributed by atoms with Crippen LogP contribution in [-0.2, 0) is 9.53 Å². The first-order chi connectivity index (χ1) is 8.16. The zero-order chi connectivity index (χ0) is 12.7. The Labute approximate surface area is 105 Å². The minimum absolute atomic E-state index is 0.0102. The maximum absolute atomic E-state index is 11.9. The normalized spacial score (nSPS) is 20.6. The third-order valence-electron chi connectivity index (χ3n) is 3.11. The number of hydrogen-bond donors (Lipinski definition) is 1. The van der Waals surface area contributed by atoms with Gasteiger partial charge in [0.05, 0.1) is 12.7 Å². The Hall–Kier alpha value is -0.610. The quantitative estimate of drug-likeness (QED) is 0.657. The van der Waals surface area contributed by atoms with Gasteiger partial charge < -0.3 is 9.64 Å². The Balaban J connectivity index is 2.10. The van der Waals surface area contributed by atoms with Crippen molar-refractivity contribution in [1.29, 1.82) is 0 Å². The first-order valence-electron chi connectivity index (χ1n) is 6.76. The Morgan fingerprint density at radius 3 is 2.71 bits per heavy atom. The van der Waals surface area contributed by atoms with E-state index in [1.807, 2.05) is 4.90 Å². The molecule has 0 bridgehead atoms. The highest BCUT2D eigenvalue weighted by Gasteiger charge is 2.32. The van der Waals surface area contributed by atoms with Crippen LogP contribution in [0.15, 0.2) is 0 Å². The van der Waals surface area contributed by atoms with Crippen LogP contribution in [0.3, 0.4) is 0 Å². The van der Waals surface area contributed by atoms with Crippen molar-refractivity contribution >= 4 is 5.91 Å². The summed E-state index contributed by atoms with van der Waals surface area (Å²) in [6.07, 6.45) is 3.23. The standard InChI is InChI=1S/C13H26N2O2/c1-4-5-8-17-9-6-7-15-10-14-12(11(2)3)13(15)16/h11-12,14H,4-10H2,1-3H3. The summed E-state index contributed by atoms with van der Waals surface area (Å²) in [6.45, 7) is 9.41. The van der Waals surface area contributed by atoms with Crippen molar-refractivity contribution in [3.8, 4) is 0 Å². The molecule has 17 heavy (non-hydrogen) atoms. The van der Waals surface area contributed by atoms with Crippen molar-refractivity contribution in [2.45, 2.75) is 46.1 Å². The van der Waals surface area contributed by atoms with E-state index in [0.717, 1.165) is 32.6 Å². The molecule has 0 aromatic carbocycles. The number of nitrogens with one attached hydrogen (secondary N) is 1. The zero-order valence-corrected chi connectivity index (χ0v) is 11.4. The molecule has 4 nitrogen and oxygen atoms in total. The van der Waals surface area contributed by atoms with E-state index in [4.69, 9.17) is 4.74 Å². The molecule has 1 aliphatic rings. The fourth-order valence-corrected chi connectivity index (χ4v) is 1.99. The van der Waals surface area contributed by atoms with E-state index >= 15 is 0 Å². The van der Waals surface area contributed by atoms with Gasteiger partial charge in [-0.2, -0.15) is 0 Å². The van der Waals surface area contributed by atoms with Gasteiger partial charge in [0.25, 0.3) is 0 Å². The van der Waals surface area contributed by atoms with E-state index in [1.165, 1.54) is 6.42 Å². The van der Waals surface area contributed by atoms with Crippen LogP contribution in [0.2, 0.25) is 0 Å². The van der Waals surface area contributed by atoms with Crippen molar-refractivity contribution in [1.82, 2.24) is 10.2 Å². The highest BCUT2D eigenvalue weighted by Crippen LogP contribution is 2.11. The molecular formula is C13H26N2O2. The second-order valence-electron chi connectivity index (χ2n) is 5.01. The van der Waals surface area contributed by atoms with Crippen molar-refractivity contribution in [3.63, 3.8) is 0 Å². The highest BCUT2D eigenvalue weighted by atomic mass is 16.5. The van der Waals surface area contributed by atoms with Crippen molar-refractivity contribution in [3.05, 3.63) is 0 Å². The molecule has 1 fully saturated rings. The summed E-state index contributed by atoms with van der Waals surface area (Å²) in [5.74, 6) is 0.613. The lowest BCUT2D eigenvalue weighted by molar-refractivity contribution is -0.129. The molecule has 1 atom stereocenters. The number of ether oxygens (including phenoxy) is 1. The Morgan fingerprint density at radius 2 is 2.12 bits per heavy atom. The average molecular weight is 242 g/mol. The number of hydrogen-bond acceptors (Lipinski definition) is 3. The van der Waals surface area contributed by atoms with Gasteiger partial charge in [-0.3, -0.25) is 10.1 Å². The van der Waals surface area contributed by atoms with Crippen molar-refractivity contribution < 1.29 is 9.53 Å². The monoisotopic (exact) mass is 242 g/mol. The van der Waals surface area contributed by atoms with Crippen LogP contribution in [0.4, 0.5) is 0 Å². The maximum atomic E-state index is 11.9. The Bertz CT molecular complexity index is 231. The van der Waals surface area contributed by atoms with Crippen LogP contribution < -0.4 is 5.32 Å². The molecule has 4 heteroatoms. The molecule has 1 amide bonds. The third-order valence-corrected chi connectivity index (χ3v) is 3.11. The van der Waals surface area contributed by atoms with Gasteiger partial charge in [-0.25, -0.2) is 0 Å². The minimum Gasteiger partial charge on any atom is -0.381 e. The van der Waals surface area contributed by atoms with E-state index in [-0.39, 0.29) is 11.9 Å². The van der Waals surface area contributed by atoms with E-state index in [9.17, 15) is 4.79 Å². The van der Waals surface area contributed by atoms with Gasteiger partial charge >= 0.3 is 0 Å². The Morgan fingerprint density at radius 1 is 1.41 bits per heavy atom. The molecule has 1 N–H and O–H groups in total. The van der Waals surface area contributed by atoms with E-state index in [1.54, 1.807) is 0 Å². The molecule has 1 aliphatic heterocycles. The average Bonchev–Trinajstić information content (AvgIpc) is 2.65. The second-order valence-corrected chi connectivity index (χ2v) is 5.01. The van der Waals surface area contributed by atoms with Gasteiger partial charge in [0.2, 0.25) is 5.91 Å². The Kier molecular flexibility index (Phi) is 6.52. The first kappa shape index (κ1) is 14.5. The highest BCUT2D eigenvalue weighted by molar-refractivity contribution is 5.83. The van der Waals surface area contributed by atoms with Gasteiger partial charge in [-0.05, 0) is 18.8 Å². The largest absolute Gasteiger partial charge is 0.381 e. The SMILES string of the molecule is CCCCOCCCN1CNC(C(C)C)C1=O. The summed E-state index contributed by atoms with van der Waals surface area (Å²) in [5.41, 5.74) is 0. The maximum Gasteiger partial charge on any atom is 0.241 e. The molecule has 1 saturated heterocycles. The van der Waals surface area contributed by atoms with E-state index in [0.29, 0.717) is 12.6 Å². The van der Waals surface area contributed by atoms with Crippen LogP contribution in [0.5, 0.6) is 0 Å². The molecule has 100 valence electrons. The number of nitrogens with zero attached hydrogens (tertiary/aromatic N) is 1. The smallest absolute Gasteiger partial charge is 0.241 e. The number of unbranched alkanes of at least 4 members (excludes halogenated alkanes) is 1. The number of amides is 1. The van der Waals surface area contributed by atoms with Gasteiger partial charge in [0, 0.05) is 19.8 Å². The summed E-state index contributed by atoms with van der Waals surface area (Å²) in [4.78, 5) is 13.8. The molecule has 0 saturated carbocycles. The predicted octanol–water partition coefficient (Wildman–Crippen LogP) is 1.61. The molecule has 1 heterocycles. The lowest BCUT2D eigenvalue weighted by Crippen LogP contribution is -2.35. The number of rotatable bonds is 8. The van der Waals surface area contributed by atoms with Crippen LogP contribution in [0.1, 0.15) is 40.0 Å². The fourth-order valence-electron chi connectivity index (χ4n) is 1.99. The summed E-state index contributed by atoms with van der Waals surface area (Å²) < 4.78 is 5.49. The molecule has 1 rings (SSSR count). The predicted molar refractivity (Wildman–Crippen MR) is 68.7 cm³/mol. The summed E-state index contributed by atoms with van der Waals surface area (Å²) in [7, 11) is 0. The van der Waals surface area contributed by atoms with Crippen molar-refractivity contribution in [2.24, 2.45) is 5.92 Å². The van der Waals surface area contributed by atoms with Gasteiger partial charge in [-0.15, -0.1) is 0 Å². The lowest BCUT2D eigenvalue weighted by atomic mass is 10.1. The van der Waals surface area contributed by atoms with Crippen LogP contribution in [0, 0.1) is 5.92 Å². The van der Waals surface area contributed by atoms with Crippen molar-refractivity contribution in [2.75, 3.05) is 26.4 Å². The van der Waals surface area contributed by atoms with Gasteiger partial charge in [-0.1, -0.05) is 27.2 Å². The van der Waals surface area contributed by atoms with Crippen LogP contribution in [-0.4, -0.2) is 43.3 Å². The topological polar surface area (TPSA) is 41.6 Å². The second kappa shape index (κ2) is 7.67. The number of carbonyl (C=O) groups excluding carboxylic acids is 1. The van der Waals surface area contributed by atoms with E-state index in [2.05, 4.69) is 26.1 Å². The molecule has 0 spiro atoms. The molecular weight excluding hydrogens is 216 g/mol. The zero-order valence-electron chi connectivity index (χ0n) is 11.4. The van der Waals surface area contributed by atoms with E-state index < -0.39 is 0 Å². The fraction of sp³-hybridized carbons (Fsp3) is 0.923. The van der Waals surface area contributed by atoms with Gasteiger partial charge in [0.15, 0.2) is 0 Å². The van der Waals surface area contributed by atoms with Crippen LogP contribution in [0.25, 0.3) is 0 Å². The summed E-state index contributed by atoms with van der Waals surface area (Å²) >= 11 is 0. The molecule has 0 aliphatic carbocycles. The molecule has 0 aromatic rings. The minimum atomic E-state index is 0.0102. The molecule has 1 unspecified atom stereocenters. The van der Waals surface area contributed by atoms with Gasteiger partial charge in [0.1, 0.15) is 0 Å². The van der Waals surface area contributed by atoms with Crippen LogP contribution >= 0.6 is 0 Å². The first-order valence-corrected chi connectivity index (χ1v) is 6.76.